The molecule has 1 aromatic rings. The zero-order valence-corrected chi connectivity index (χ0v) is 10.5. The van der Waals surface area contributed by atoms with Crippen LogP contribution < -0.4 is 4.90 Å². The van der Waals surface area contributed by atoms with Crippen molar-refractivity contribution in [2.24, 2.45) is 0 Å². The van der Waals surface area contributed by atoms with Crippen LogP contribution in [0.1, 0.15) is 32.3 Å². The van der Waals surface area contributed by atoms with E-state index in [2.05, 4.69) is 28.9 Å². The van der Waals surface area contributed by atoms with Gasteiger partial charge in [0.2, 0.25) is 0 Å². The standard InChI is InChI=1S/C15H19NO/c1-15(2,17)9-8-13-6-5-7-14(12-13)16-10-3-4-11-16/h5-7,12,17H,3-4,10-11H2,1-2H3. The first kappa shape index (κ1) is 12.0. The molecule has 1 aliphatic rings. The highest BCUT2D eigenvalue weighted by Crippen LogP contribution is 2.20. The second-order valence-electron chi connectivity index (χ2n) is 5.05. The van der Waals surface area contributed by atoms with Gasteiger partial charge in [0.15, 0.2) is 0 Å². The summed E-state index contributed by atoms with van der Waals surface area (Å²) in [6, 6.07) is 8.24. The normalized spacial score (nSPS) is 15.6. The Morgan fingerprint density at radius 2 is 1.94 bits per heavy atom. The van der Waals surface area contributed by atoms with Gasteiger partial charge >= 0.3 is 0 Å². The zero-order valence-electron chi connectivity index (χ0n) is 10.5. The van der Waals surface area contributed by atoms with E-state index in [9.17, 15) is 5.11 Å². The Labute approximate surface area is 103 Å². The second kappa shape index (κ2) is 4.81. The Kier molecular flexibility index (Phi) is 3.40. The van der Waals surface area contributed by atoms with Gasteiger partial charge in [0.1, 0.15) is 5.60 Å². The topological polar surface area (TPSA) is 23.5 Å². The zero-order chi connectivity index (χ0) is 12.3. The van der Waals surface area contributed by atoms with Crippen molar-refractivity contribution in [1.82, 2.24) is 0 Å². The number of anilines is 1. The molecule has 0 atom stereocenters. The lowest BCUT2D eigenvalue weighted by Crippen LogP contribution is -2.17. The Hall–Kier alpha value is -1.46. The molecule has 0 aromatic heterocycles. The molecular formula is C15H19NO. The lowest BCUT2D eigenvalue weighted by Gasteiger charge is -2.17. The molecule has 0 aliphatic carbocycles. The number of rotatable bonds is 1. The Balaban J connectivity index is 2.18. The van der Waals surface area contributed by atoms with Crippen LogP contribution in [0.4, 0.5) is 5.69 Å². The lowest BCUT2D eigenvalue weighted by molar-refractivity contribution is 0.143. The molecule has 2 nitrogen and oxygen atoms in total. The molecule has 0 bridgehead atoms. The molecule has 1 saturated heterocycles. The van der Waals surface area contributed by atoms with E-state index in [0.717, 1.165) is 18.7 Å². The van der Waals surface area contributed by atoms with E-state index in [1.165, 1.54) is 18.5 Å². The Bertz CT molecular complexity index is 442. The molecule has 90 valence electrons. The van der Waals surface area contributed by atoms with Crippen LogP contribution in [0, 0.1) is 11.8 Å². The maximum absolute atomic E-state index is 9.58. The van der Waals surface area contributed by atoms with Crippen molar-refractivity contribution in [1.29, 1.82) is 0 Å². The number of aliphatic hydroxyl groups is 1. The van der Waals surface area contributed by atoms with Crippen LogP contribution in [0.2, 0.25) is 0 Å². The average Bonchev–Trinajstić information content (AvgIpc) is 2.79. The molecule has 0 spiro atoms. The molecule has 0 saturated carbocycles. The van der Waals surface area contributed by atoms with Gasteiger partial charge in [-0.3, -0.25) is 0 Å². The van der Waals surface area contributed by atoms with Gasteiger partial charge in [-0.1, -0.05) is 17.9 Å². The summed E-state index contributed by atoms with van der Waals surface area (Å²) in [6.07, 6.45) is 2.55. The quantitative estimate of drug-likeness (QED) is 0.748. The minimum atomic E-state index is -0.927. The van der Waals surface area contributed by atoms with Gasteiger partial charge in [-0.05, 0) is 44.9 Å². The highest BCUT2D eigenvalue weighted by atomic mass is 16.3. The van der Waals surface area contributed by atoms with Crippen molar-refractivity contribution in [3.05, 3.63) is 29.8 Å². The van der Waals surface area contributed by atoms with Crippen LogP contribution >= 0.6 is 0 Å². The Morgan fingerprint density at radius 3 is 2.59 bits per heavy atom. The minimum Gasteiger partial charge on any atom is -0.378 e. The number of hydrogen-bond acceptors (Lipinski definition) is 2. The summed E-state index contributed by atoms with van der Waals surface area (Å²) in [5, 5.41) is 9.58. The van der Waals surface area contributed by atoms with E-state index in [4.69, 9.17) is 0 Å². The average molecular weight is 229 g/mol. The van der Waals surface area contributed by atoms with Gasteiger partial charge < -0.3 is 10.0 Å². The molecule has 1 N–H and O–H groups in total. The highest BCUT2D eigenvalue weighted by Gasteiger charge is 2.12. The van der Waals surface area contributed by atoms with E-state index in [0.29, 0.717) is 0 Å². The predicted octanol–water partition coefficient (Wildman–Crippen LogP) is 2.41. The maximum Gasteiger partial charge on any atom is 0.120 e. The molecule has 1 heterocycles. The van der Waals surface area contributed by atoms with E-state index in [-0.39, 0.29) is 0 Å². The van der Waals surface area contributed by atoms with Gasteiger partial charge in [-0.25, -0.2) is 0 Å². The molecule has 0 amide bonds. The number of hydrogen-bond donors (Lipinski definition) is 1. The number of nitrogens with zero attached hydrogens (tertiary/aromatic N) is 1. The summed E-state index contributed by atoms with van der Waals surface area (Å²) in [6.45, 7) is 5.68. The van der Waals surface area contributed by atoms with E-state index in [1.807, 2.05) is 12.1 Å². The van der Waals surface area contributed by atoms with E-state index >= 15 is 0 Å². The molecule has 17 heavy (non-hydrogen) atoms. The molecule has 2 rings (SSSR count). The third-order valence-corrected chi connectivity index (χ3v) is 2.83. The summed E-state index contributed by atoms with van der Waals surface area (Å²) < 4.78 is 0. The fourth-order valence-electron chi connectivity index (χ4n) is 1.98. The van der Waals surface area contributed by atoms with Crippen LogP contribution in [0.25, 0.3) is 0 Å². The fourth-order valence-corrected chi connectivity index (χ4v) is 1.98. The van der Waals surface area contributed by atoms with Crippen LogP contribution in [-0.2, 0) is 0 Å². The van der Waals surface area contributed by atoms with Gasteiger partial charge in [0.25, 0.3) is 0 Å². The maximum atomic E-state index is 9.58. The molecule has 1 aromatic carbocycles. The SMILES string of the molecule is CC(C)(O)C#Cc1cccc(N2CCCC2)c1. The highest BCUT2D eigenvalue weighted by molar-refractivity contribution is 5.53. The van der Waals surface area contributed by atoms with Crippen LogP contribution in [0.15, 0.2) is 24.3 Å². The number of benzene rings is 1. The van der Waals surface area contributed by atoms with Gasteiger partial charge in [0.05, 0.1) is 0 Å². The largest absolute Gasteiger partial charge is 0.378 e. The molecule has 1 fully saturated rings. The van der Waals surface area contributed by atoms with Crippen molar-refractivity contribution in [3.63, 3.8) is 0 Å². The van der Waals surface area contributed by atoms with E-state index in [1.54, 1.807) is 13.8 Å². The van der Waals surface area contributed by atoms with Gasteiger partial charge in [0, 0.05) is 24.3 Å². The second-order valence-corrected chi connectivity index (χ2v) is 5.05. The summed E-state index contributed by atoms with van der Waals surface area (Å²) >= 11 is 0. The molecule has 2 heteroatoms. The summed E-state index contributed by atoms with van der Waals surface area (Å²) in [7, 11) is 0. The Morgan fingerprint density at radius 1 is 1.24 bits per heavy atom. The van der Waals surface area contributed by atoms with E-state index < -0.39 is 5.60 Å². The lowest BCUT2D eigenvalue weighted by atomic mass is 10.1. The van der Waals surface area contributed by atoms with Gasteiger partial charge in [-0.2, -0.15) is 0 Å². The van der Waals surface area contributed by atoms with Crippen LogP contribution in [0.3, 0.4) is 0 Å². The van der Waals surface area contributed by atoms with Crippen LogP contribution in [0.5, 0.6) is 0 Å². The smallest absolute Gasteiger partial charge is 0.120 e. The van der Waals surface area contributed by atoms with Crippen molar-refractivity contribution >= 4 is 5.69 Å². The van der Waals surface area contributed by atoms with Crippen LogP contribution in [-0.4, -0.2) is 23.8 Å². The first-order valence-electron chi connectivity index (χ1n) is 6.15. The molecule has 0 unspecified atom stereocenters. The van der Waals surface area contributed by atoms with Crippen molar-refractivity contribution in [2.45, 2.75) is 32.3 Å². The first-order chi connectivity index (χ1) is 8.04. The van der Waals surface area contributed by atoms with Crippen molar-refractivity contribution < 1.29 is 5.11 Å². The van der Waals surface area contributed by atoms with Gasteiger partial charge in [-0.15, -0.1) is 0 Å². The minimum absolute atomic E-state index is 0.927. The third-order valence-electron chi connectivity index (χ3n) is 2.83. The molecular weight excluding hydrogens is 210 g/mol. The summed E-state index contributed by atoms with van der Waals surface area (Å²) in [5.41, 5.74) is 1.28. The summed E-state index contributed by atoms with van der Waals surface area (Å²) in [5.74, 6) is 5.86. The molecule has 1 aliphatic heterocycles. The third kappa shape index (κ3) is 3.51. The predicted molar refractivity (Wildman–Crippen MR) is 71.1 cm³/mol. The fraction of sp³-hybridized carbons (Fsp3) is 0.467. The first-order valence-corrected chi connectivity index (χ1v) is 6.15. The van der Waals surface area contributed by atoms with Crippen molar-refractivity contribution in [2.75, 3.05) is 18.0 Å². The summed E-state index contributed by atoms with van der Waals surface area (Å²) in [4.78, 5) is 2.38. The van der Waals surface area contributed by atoms with Crippen molar-refractivity contribution in [3.8, 4) is 11.8 Å². The molecule has 0 radical (unpaired) electrons. The monoisotopic (exact) mass is 229 g/mol.